The van der Waals surface area contributed by atoms with E-state index in [2.05, 4.69) is 39.6 Å². The minimum Gasteiger partial charge on any atom is -0.324 e. The number of hydrogen-bond acceptors (Lipinski definition) is 2. The van der Waals surface area contributed by atoms with Gasteiger partial charge in [0, 0.05) is 5.92 Å². The van der Waals surface area contributed by atoms with Crippen LogP contribution >= 0.6 is 0 Å². The predicted octanol–water partition coefficient (Wildman–Crippen LogP) is 5.87. The fraction of sp³-hybridized carbons (Fsp3) is 0.154. The number of nitrogens with zero attached hydrogens (tertiary/aromatic N) is 1. The van der Waals surface area contributed by atoms with E-state index in [1.54, 1.807) is 6.20 Å². The van der Waals surface area contributed by atoms with Crippen LogP contribution < -0.4 is 5.32 Å². The number of imidazole rings is 1. The molecule has 0 radical (unpaired) electrons. The Bertz CT molecular complexity index is 1060. The minimum absolute atomic E-state index is 0.0887. The summed E-state index contributed by atoms with van der Waals surface area (Å²) in [6.07, 6.45) is 1.74. The van der Waals surface area contributed by atoms with Gasteiger partial charge in [0.15, 0.2) is 0 Å². The second-order valence-corrected chi connectivity index (χ2v) is 7.94. The molecule has 1 aromatic heterocycles. The molecule has 2 N–H and O–H groups in total. The third-order valence-corrected chi connectivity index (χ3v) is 5.47. The smallest absolute Gasteiger partial charge is 0.233 e. The molecule has 1 amide bonds. The first-order chi connectivity index (χ1) is 14.6. The van der Waals surface area contributed by atoms with E-state index >= 15 is 0 Å². The van der Waals surface area contributed by atoms with Gasteiger partial charge >= 0.3 is 0 Å². The summed E-state index contributed by atoms with van der Waals surface area (Å²) >= 11 is 0. The summed E-state index contributed by atoms with van der Waals surface area (Å²) in [5, 5.41) is 2.99. The highest BCUT2D eigenvalue weighted by atomic mass is 16.2. The van der Waals surface area contributed by atoms with Gasteiger partial charge in [-0.15, -0.1) is 0 Å². The van der Waals surface area contributed by atoms with Crippen molar-refractivity contribution in [2.75, 3.05) is 5.32 Å². The highest BCUT2D eigenvalue weighted by Gasteiger charge is 2.39. The van der Waals surface area contributed by atoms with Crippen molar-refractivity contribution in [2.45, 2.75) is 19.8 Å². The van der Waals surface area contributed by atoms with Crippen molar-refractivity contribution in [2.24, 2.45) is 5.41 Å². The van der Waals surface area contributed by atoms with Gasteiger partial charge in [0.25, 0.3) is 0 Å². The van der Waals surface area contributed by atoms with Crippen LogP contribution in [0.5, 0.6) is 0 Å². The number of aromatic amines is 1. The Kier molecular flexibility index (Phi) is 5.48. The molecular formula is C26H25N3O. The topological polar surface area (TPSA) is 57.8 Å². The molecule has 0 aliphatic rings. The van der Waals surface area contributed by atoms with Crippen LogP contribution in [0.1, 0.15) is 30.9 Å². The molecule has 0 aliphatic heterocycles. The van der Waals surface area contributed by atoms with Gasteiger partial charge in [0.05, 0.1) is 17.3 Å². The van der Waals surface area contributed by atoms with Crippen LogP contribution in [0.2, 0.25) is 0 Å². The van der Waals surface area contributed by atoms with Crippen molar-refractivity contribution < 1.29 is 4.79 Å². The number of amides is 1. The Morgan fingerprint density at radius 3 is 1.87 bits per heavy atom. The van der Waals surface area contributed by atoms with E-state index in [0.29, 0.717) is 5.95 Å². The molecule has 0 saturated carbocycles. The molecule has 150 valence electrons. The molecule has 4 rings (SSSR count). The van der Waals surface area contributed by atoms with Crippen LogP contribution in [0.3, 0.4) is 0 Å². The van der Waals surface area contributed by atoms with Gasteiger partial charge < -0.3 is 4.98 Å². The highest BCUT2D eigenvalue weighted by Crippen LogP contribution is 2.41. The number of benzene rings is 3. The first-order valence-electron chi connectivity index (χ1n) is 10.1. The zero-order valence-corrected chi connectivity index (χ0v) is 17.2. The van der Waals surface area contributed by atoms with Crippen molar-refractivity contribution in [3.8, 4) is 11.3 Å². The number of carbonyl (C=O) groups is 1. The van der Waals surface area contributed by atoms with Gasteiger partial charge in [-0.1, -0.05) is 105 Å². The molecular weight excluding hydrogens is 370 g/mol. The van der Waals surface area contributed by atoms with E-state index in [1.165, 1.54) is 0 Å². The van der Waals surface area contributed by atoms with Crippen LogP contribution in [0, 0.1) is 5.41 Å². The third-order valence-electron chi connectivity index (χ3n) is 5.47. The number of carbonyl (C=O) groups excluding carboxylic acids is 1. The summed E-state index contributed by atoms with van der Waals surface area (Å²) in [6.45, 7) is 3.96. The molecule has 4 aromatic rings. The number of anilines is 1. The number of nitrogens with one attached hydrogen (secondary N) is 2. The Morgan fingerprint density at radius 2 is 1.33 bits per heavy atom. The van der Waals surface area contributed by atoms with Gasteiger partial charge in [0.1, 0.15) is 0 Å². The summed E-state index contributed by atoms with van der Waals surface area (Å²) in [7, 11) is 0. The van der Waals surface area contributed by atoms with Crippen LogP contribution in [-0.4, -0.2) is 15.9 Å². The second kappa shape index (κ2) is 8.37. The van der Waals surface area contributed by atoms with Gasteiger partial charge in [-0.2, -0.15) is 0 Å². The van der Waals surface area contributed by atoms with Crippen molar-refractivity contribution in [1.29, 1.82) is 0 Å². The maximum Gasteiger partial charge on any atom is 0.233 e. The van der Waals surface area contributed by atoms with Crippen molar-refractivity contribution in [3.63, 3.8) is 0 Å². The average Bonchev–Trinajstić information content (AvgIpc) is 3.24. The molecule has 4 nitrogen and oxygen atoms in total. The molecule has 0 saturated heterocycles. The molecule has 0 aliphatic carbocycles. The quantitative estimate of drug-likeness (QED) is 0.429. The van der Waals surface area contributed by atoms with Gasteiger partial charge in [-0.25, -0.2) is 4.98 Å². The fourth-order valence-electron chi connectivity index (χ4n) is 3.87. The first-order valence-corrected chi connectivity index (χ1v) is 10.1. The summed E-state index contributed by atoms with van der Waals surface area (Å²) in [5.74, 6) is 0.268. The van der Waals surface area contributed by atoms with E-state index in [-0.39, 0.29) is 11.8 Å². The van der Waals surface area contributed by atoms with E-state index in [0.717, 1.165) is 22.4 Å². The number of rotatable bonds is 6. The van der Waals surface area contributed by atoms with E-state index in [9.17, 15) is 4.79 Å². The maximum atomic E-state index is 13.4. The van der Waals surface area contributed by atoms with E-state index in [1.807, 2.05) is 80.6 Å². The number of hydrogen-bond donors (Lipinski definition) is 2. The average molecular weight is 396 g/mol. The first kappa shape index (κ1) is 19.6. The normalized spacial score (nSPS) is 11.4. The van der Waals surface area contributed by atoms with Crippen LogP contribution in [-0.2, 0) is 4.79 Å². The molecule has 30 heavy (non-hydrogen) atoms. The molecule has 0 spiro atoms. The van der Waals surface area contributed by atoms with Crippen molar-refractivity contribution in [3.05, 3.63) is 108 Å². The fourth-order valence-corrected chi connectivity index (χ4v) is 3.87. The van der Waals surface area contributed by atoms with Crippen LogP contribution in [0.25, 0.3) is 11.3 Å². The number of aromatic nitrogens is 2. The van der Waals surface area contributed by atoms with Gasteiger partial charge in [-0.05, 0) is 16.7 Å². The standard InChI is InChI=1S/C26H25N3O/c1-26(2,23(20-14-8-4-9-15-20)21-16-10-5-11-17-21)24(30)29-25-27-18-22(28-25)19-12-6-3-7-13-19/h3-18,23H,1-2H3,(H2,27,28,29,30). The largest absolute Gasteiger partial charge is 0.324 e. The lowest BCUT2D eigenvalue weighted by Crippen LogP contribution is -2.37. The lowest BCUT2D eigenvalue weighted by atomic mass is 9.70. The summed E-state index contributed by atoms with van der Waals surface area (Å²) in [6, 6.07) is 30.3. The Morgan fingerprint density at radius 1 is 0.833 bits per heavy atom. The Hall–Kier alpha value is -3.66. The zero-order chi connectivity index (χ0) is 21.0. The lowest BCUT2D eigenvalue weighted by Gasteiger charge is -2.33. The van der Waals surface area contributed by atoms with Crippen LogP contribution in [0.15, 0.2) is 97.2 Å². The lowest BCUT2D eigenvalue weighted by molar-refractivity contribution is -0.124. The van der Waals surface area contributed by atoms with Crippen LogP contribution in [0.4, 0.5) is 5.95 Å². The molecule has 1 heterocycles. The summed E-state index contributed by atoms with van der Waals surface area (Å²) in [4.78, 5) is 21.0. The third kappa shape index (κ3) is 4.03. The molecule has 4 heteroatoms. The van der Waals surface area contributed by atoms with Crippen molar-refractivity contribution >= 4 is 11.9 Å². The molecule has 0 fully saturated rings. The molecule has 0 unspecified atom stereocenters. The van der Waals surface area contributed by atoms with Gasteiger partial charge in [-0.3, -0.25) is 10.1 Å². The zero-order valence-electron chi connectivity index (χ0n) is 17.2. The second-order valence-electron chi connectivity index (χ2n) is 7.94. The number of H-pyrrole nitrogens is 1. The van der Waals surface area contributed by atoms with E-state index in [4.69, 9.17) is 0 Å². The monoisotopic (exact) mass is 395 g/mol. The van der Waals surface area contributed by atoms with Gasteiger partial charge in [0.2, 0.25) is 11.9 Å². The summed E-state index contributed by atoms with van der Waals surface area (Å²) < 4.78 is 0. The molecule has 0 atom stereocenters. The van der Waals surface area contributed by atoms with Crippen molar-refractivity contribution in [1.82, 2.24) is 9.97 Å². The predicted molar refractivity (Wildman–Crippen MR) is 121 cm³/mol. The summed E-state index contributed by atoms with van der Waals surface area (Å²) in [5.41, 5.74) is 3.40. The SMILES string of the molecule is CC(C)(C(=O)Nc1ncc(-c2ccccc2)[nH]1)C(c1ccccc1)c1ccccc1. The minimum atomic E-state index is -0.706. The van der Waals surface area contributed by atoms with E-state index < -0.39 is 5.41 Å². The Balaban J connectivity index is 1.62. The highest BCUT2D eigenvalue weighted by molar-refractivity contribution is 5.94. The molecule has 3 aromatic carbocycles. The Labute approximate surface area is 177 Å². The molecule has 0 bridgehead atoms. The maximum absolute atomic E-state index is 13.4.